The molecule has 0 bridgehead atoms. The van der Waals surface area contributed by atoms with E-state index in [0.717, 1.165) is 6.54 Å². The van der Waals surface area contributed by atoms with Gasteiger partial charge in [0.15, 0.2) is 0 Å². The summed E-state index contributed by atoms with van der Waals surface area (Å²) in [5.74, 6) is 0. The SMILES string of the molecule is C=C(CCCCCCC/C=C/CCCCCCCC)CN[C@@H](CC)CCCCCCCCCCCCCCCC. The van der Waals surface area contributed by atoms with Crippen LogP contribution in [-0.4, -0.2) is 12.6 Å². The minimum atomic E-state index is 0.684. The van der Waals surface area contributed by atoms with E-state index in [0.29, 0.717) is 6.04 Å². The fourth-order valence-electron chi connectivity index (χ4n) is 5.86. The Morgan fingerprint density at radius 2 is 0.875 bits per heavy atom. The van der Waals surface area contributed by atoms with Crippen LogP contribution in [0.2, 0.25) is 0 Å². The molecule has 0 aromatic heterocycles. The quantitative estimate of drug-likeness (QED) is 0.0610. The normalized spacial score (nSPS) is 12.5. The van der Waals surface area contributed by atoms with Crippen LogP contribution in [0, 0.1) is 0 Å². The third kappa shape index (κ3) is 32.0. The minimum Gasteiger partial charge on any atom is -0.310 e. The highest BCUT2D eigenvalue weighted by Gasteiger charge is 2.06. The lowest BCUT2D eigenvalue weighted by Gasteiger charge is -2.18. The Balaban J connectivity index is 3.43. The summed E-state index contributed by atoms with van der Waals surface area (Å²) in [5, 5.41) is 3.81. The molecular weight excluding hydrogens is 482 g/mol. The average Bonchev–Trinajstić information content (AvgIpc) is 2.96. The van der Waals surface area contributed by atoms with E-state index >= 15 is 0 Å². The van der Waals surface area contributed by atoms with Crippen LogP contribution in [0.15, 0.2) is 24.3 Å². The fourth-order valence-corrected chi connectivity index (χ4v) is 5.86. The molecular formula is C39H77N. The first kappa shape index (κ1) is 39.4. The second kappa shape index (κ2) is 34.6. The van der Waals surface area contributed by atoms with Crippen molar-refractivity contribution in [1.82, 2.24) is 5.32 Å². The molecule has 0 radical (unpaired) electrons. The molecule has 0 amide bonds. The maximum Gasteiger partial charge on any atom is 0.0164 e. The van der Waals surface area contributed by atoms with Crippen molar-refractivity contribution in [2.24, 2.45) is 0 Å². The van der Waals surface area contributed by atoms with E-state index in [1.165, 1.54) is 198 Å². The Morgan fingerprint density at radius 1 is 0.500 bits per heavy atom. The summed E-state index contributed by atoms with van der Waals surface area (Å²) in [6.45, 7) is 12.3. The Labute approximate surface area is 255 Å². The number of allylic oxidation sites excluding steroid dienone is 2. The van der Waals surface area contributed by atoms with Crippen molar-refractivity contribution in [2.75, 3.05) is 6.54 Å². The third-order valence-corrected chi connectivity index (χ3v) is 8.83. The number of rotatable bonds is 34. The maximum absolute atomic E-state index is 4.37. The second-order valence-corrected chi connectivity index (χ2v) is 13.0. The second-order valence-electron chi connectivity index (χ2n) is 13.0. The zero-order valence-corrected chi connectivity index (χ0v) is 28.4. The average molecular weight is 560 g/mol. The standard InChI is InChI=1S/C39H77N/c1-5-8-10-12-14-16-18-20-22-23-25-27-29-31-33-35-38(4)37-40-39(7-3)36-34-32-30-28-26-24-21-19-17-15-13-11-9-6-2/h20,22,39-40H,4-19,21,23-37H2,1-3H3/b22-20+/t39-/m0/s1. The maximum atomic E-state index is 4.37. The lowest BCUT2D eigenvalue weighted by molar-refractivity contribution is 0.451. The van der Waals surface area contributed by atoms with Crippen molar-refractivity contribution in [3.05, 3.63) is 24.3 Å². The molecule has 1 nitrogen and oxygen atoms in total. The molecule has 0 heterocycles. The summed E-state index contributed by atoms with van der Waals surface area (Å²) in [7, 11) is 0. The van der Waals surface area contributed by atoms with E-state index in [9.17, 15) is 0 Å². The van der Waals surface area contributed by atoms with Gasteiger partial charge in [-0.25, -0.2) is 0 Å². The smallest absolute Gasteiger partial charge is 0.0164 e. The minimum absolute atomic E-state index is 0.684. The van der Waals surface area contributed by atoms with E-state index in [1.54, 1.807) is 0 Å². The van der Waals surface area contributed by atoms with Crippen molar-refractivity contribution < 1.29 is 0 Å². The van der Waals surface area contributed by atoms with Crippen LogP contribution in [-0.2, 0) is 0 Å². The third-order valence-electron chi connectivity index (χ3n) is 8.83. The lowest BCUT2D eigenvalue weighted by atomic mass is 10.0. The molecule has 0 unspecified atom stereocenters. The monoisotopic (exact) mass is 560 g/mol. The molecule has 0 aromatic carbocycles. The van der Waals surface area contributed by atoms with Crippen LogP contribution in [0.5, 0.6) is 0 Å². The zero-order valence-electron chi connectivity index (χ0n) is 28.4. The van der Waals surface area contributed by atoms with Gasteiger partial charge in [-0.05, 0) is 51.4 Å². The first-order valence-electron chi connectivity index (χ1n) is 18.8. The Morgan fingerprint density at radius 3 is 1.30 bits per heavy atom. The van der Waals surface area contributed by atoms with Gasteiger partial charge in [0.05, 0.1) is 0 Å². The van der Waals surface area contributed by atoms with Crippen molar-refractivity contribution >= 4 is 0 Å². The summed E-state index contributed by atoms with van der Waals surface area (Å²) >= 11 is 0. The molecule has 1 heteroatoms. The molecule has 0 saturated heterocycles. The molecule has 40 heavy (non-hydrogen) atoms. The number of nitrogens with one attached hydrogen (secondary N) is 1. The van der Waals surface area contributed by atoms with Gasteiger partial charge in [0.25, 0.3) is 0 Å². The molecule has 0 aliphatic heterocycles. The lowest BCUT2D eigenvalue weighted by Crippen LogP contribution is -2.30. The summed E-state index contributed by atoms with van der Waals surface area (Å²) < 4.78 is 0. The number of hydrogen-bond donors (Lipinski definition) is 1. The van der Waals surface area contributed by atoms with E-state index in [2.05, 4.69) is 44.8 Å². The highest BCUT2D eigenvalue weighted by molar-refractivity contribution is 4.97. The molecule has 0 aromatic rings. The van der Waals surface area contributed by atoms with Crippen molar-refractivity contribution in [1.29, 1.82) is 0 Å². The van der Waals surface area contributed by atoms with E-state index in [-0.39, 0.29) is 0 Å². The Hall–Kier alpha value is -0.560. The highest BCUT2D eigenvalue weighted by atomic mass is 14.9. The van der Waals surface area contributed by atoms with Crippen LogP contribution >= 0.6 is 0 Å². The van der Waals surface area contributed by atoms with Crippen molar-refractivity contribution in [2.45, 2.75) is 219 Å². The van der Waals surface area contributed by atoms with Gasteiger partial charge in [0, 0.05) is 12.6 Å². The Bertz CT molecular complexity index is 507. The zero-order chi connectivity index (χ0) is 29.2. The summed E-state index contributed by atoms with van der Waals surface area (Å²) in [4.78, 5) is 0. The van der Waals surface area contributed by atoms with Gasteiger partial charge in [0.1, 0.15) is 0 Å². The van der Waals surface area contributed by atoms with Crippen LogP contribution in [0.1, 0.15) is 213 Å². The molecule has 1 N–H and O–H groups in total. The summed E-state index contributed by atoms with van der Waals surface area (Å²) in [6, 6.07) is 0.684. The summed E-state index contributed by atoms with van der Waals surface area (Å²) in [5.41, 5.74) is 1.41. The van der Waals surface area contributed by atoms with Gasteiger partial charge in [-0.2, -0.15) is 0 Å². The van der Waals surface area contributed by atoms with Crippen LogP contribution in [0.4, 0.5) is 0 Å². The molecule has 0 rings (SSSR count). The fraction of sp³-hybridized carbons (Fsp3) is 0.897. The predicted molar refractivity (Wildman–Crippen MR) is 186 cm³/mol. The van der Waals surface area contributed by atoms with Crippen LogP contribution < -0.4 is 5.32 Å². The molecule has 238 valence electrons. The van der Waals surface area contributed by atoms with E-state index in [4.69, 9.17) is 0 Å². The van der Waals surface area contributed by atoms with Gasteiger partial charge in [0.2, 0.25) is 0 Å². The predicted octanol–water partition coefficient (Wildman–Crippen LogP) is 13.8. The molecule has 0 fully saturated rings. The van der Waals surface area contributed by atoms with Crippen molar-refractivity contribution in [3.63, 3.8) is 0 Å². The first-order chi connectivity index (χ1) is 19.7. The molecule has 0 saturated carbocycles. The molecule has 0 aliphatic carbocycles. The number of unbranched alkanes of at least 4 members (excludes halogenated alkanes) is 24. The van der Waals surface area contributed by atoms with Crippen molar-refractivity contribution in [3.8, 4) is 0 Å². The van der Waals surface area contributed by atoms with Crippen LogP contribution in [0.25, 0.3) is 0 Å². The van der Waals surface area contributed by atoms with Gasteiger partial charge >= 0.3 is 0 Å². The largest absolute Gasteiger partial charge is 0.310 e. The number of hydrogen-bond acceptors (Lipinski definition) is 1. The van der Waals surface area contributed by atoms with Gasteiger partial charge in [-0.15, -0.1) is 0 Å². The topological polar surface area (TPSA) is 12.0 Å². The molecule has 0 aliphatic rings. The van der Waals surface area contributed by atoms with Crippen LogP contribution in [0.3, 0.4) is 0 Å². The summed E-state index contributed by atoms with van der Waals surface area (Å²) in [6.07, 6.45) is 46.8. The van der Waals surface area contributed by atoms with E-state index in [1.807, 2.05) is 0 Å². The Kier molecular flexibility index (Phi) is 34.2. The van der Waals surface area contributed by atoms with Gasteiger partial charge < -0.3 is 5.32 Å². The molecule has 0 spiro atoms. The van der Waals surface area contributed by atoms with E-state index < -0.39 is 0 Å². The first-order valence-corrected chi connectivity index (χ1v) is 18.8. The van der Waals surface area contributed by atoms with Gasteiger partial charge in [-0.1, -0.05) is 186 Å². The van der Waals surface area contributed by atoms with Gasteiger partial charge in [-0.3, -0.25) is 0 Å². The molecule has 1 atom stereocenters. The highest BCUT2D eigenvalue weighted by Crippen LogP contribution is 2.15.